The van der Waals surface area contributed by atoms with E-state index in [-0.39, 0.29) is 13.2 Å². The summed E-state index contributed by atoms with van der Waals surface area (Å²) in [5.74, 6) is 0.397. The maximum absolute atomic E-state index is 10.8. The van der Waals surface area contributed by atoms with E-state index in [4.69, 9.17) is 14.6 Å². The van der Waals surface area contributed by atoms with E-state index in [1.54, 1.807) is 12.1 Å². The molecule has 0 saturated carbocycles. The van der Waals surface area contributed by atoms with Crippen molar-refractivity contribution in [3.8, 4) is 22.8 Å². The number of ether oxygens (including phenoxy) is 2. The number of aliphatic carboxylic acids is 1. The number of hydrogen-bond acceptors (Lipinski definition) is 4. The summed E-state index contributed by atoms with van der Waals surface area (Å²) < 4.78 is 11.0. The van der Waals surface area contributed by atoms with Crippen LogP contribution in [0.5, 0.6) is 11.5 Å². The second-order valence-electron chi connectivity index (χ2n) is 3.99. The zero-order chi connectivity index (χ0) is 13.4. The molecule has 0 radical (unpaired) electrons. The van der Waals surface area contributed by atoms with Crippen LogP contribution in [0.2, 0.25) is 0 Å². The fraction of sp³-hybridized carbons (Fsp3) is 0.167. The van der Waals surface area contributed by atoms with Crippen LogP contribution in [0.25, 0.3) is 11.3 Å². The van der Waals surface area contributed by atoms with E-state index >= 15 is 0 Å². The molecule has 1 aromatic carbocycles. The van der Waals surface area contributed by atoms with Crippen molar-refractivity contribution in [2.24, 2.45) is 0 Å². The Morgan fingerprint density at radius 1 is 1.42 bits per heavy atom. The molecule has 0 atom stereocenters. The summed E-state index contributed by atoms with van der Waals surface area (Å²) in [5, 5.41) is 8.89. The number of imidazole rings is 1. The van der Waals surface area contributed by atoms with Crippen LogP contribution in [0, 0.1) is 0 Å². The van der Waals surface area contributed by atoms with Gasteiger partial charge in [-0.1, -0.05) is 0 Å². The molecule has 7 heteroatoms. The predicted molar refractivity (Wildman–Crippen MR) is 69.2 cm³/mol. The van der Waals surface area contributed by atoms with Gasteiger partial charge in [0.1, 0.15) is 0 Å². The summed E-state index contributed by atoms with van der Waals surface area (Å²) in [6, 6.07) is 5.39. The monoisotopic (exact) mass is 324 g/mol. The van der Waals surface area contributed by atoms with Gasteiger partial charge in [-0.15, -0.1) is 0 Å². The number of H-pyrrole nitrogens is 1. The van der Waals surface area contributed by atoms with Crippen molar-refractivity contribution in [3.63, 3.8) is 0 Å². The molecule has 19 heavy (non-hydrogen) atoms. The van der Waals surface area contributed by atoms with Crippen LogP contribution in [-0.2, 0) is 11.2 Å². The van der Waals surface area contributed by atoms with E-state index < -0.39 is 5.97 Å². The molecule has 2 N–H and O–H groups in total. The van der Waals surface area contributed by atoms with Gasteiger partial charge in [-0.05, 0) is 34.1 Å². The lowest BCUT2D eigenvalue weighted by molar-refractivity contribution is -0.136. The first-order valence-electron chi connectivity index (χ1n) is 5.49. The molecule has 0 aliphatic carbocycles. The fourth-order valence-electron chi connectivity index (χ4n) is 1.94. The third-order valence-corrected chi connectivity index (χ3v) is 3.10. The molecule has 0 amide bonds. The Bertz CT molecular complexity index is 653. The van der Waals surface area contributed by atoms with Gasteiger partial charge in [0.05, 0.1) is 17.8 Å². The lowest BCUT2D eigenvalue weighted by Gasteiger charge is -2.02. The molecule has 1 aliphatic rings. The number of halogens is 1. The zero-order valence-electron chi connectivity index (χ0n) is 9.64. The number of aromatic amines is 1. The van der Waals surface area contributed by atoms with Crippen molar-refractivity contribution in [2.45, 2.75) is 6.42 Å². The fourth-order valence-corrected chi connectivity index (χ4v) is 2.36. The number of carboxylic acids is 1. The van der Waals surface area contributed by atoms with Gasteiger partial charge in [0.15, 0.2) is 16.2 Å². The first kappa shape index (κ1) is 12.0. The quantitative estimate of drug-likeness (QED) is 0.904. The molecule has 2 aromatic rings. The SMILES string of the molecule is O=C(O)Cc1[nH]c(Br)nc1-c1ccc2c(c1)OCO2. The van der Waals surface area contributed by atoms with Gasteiger partial charge in [0.25, 0.3) is 0 Å². The van der Waals surface area contributed by atoms with Crippen molar-refractivity contribution in [3.05, 3.63) is 28.6 Å². The molecule has 6 nitrogen and oxygen atoms in total. The Kier molecular flexibility index (Phi) is 2.90. The van der Waals surface area contributed by atoms with E-state index in [1.165, 1.54) is 0 Å². The molecular formula is C12H9BrN2O4. The van der Waals surface area contributed by atoms with Crippen molar-refractivity contribution >= 4 is 21.9 Å². The summed E-state index contributed by atoms with van der Waals surface area (Å²) in [5.41, 5.74) is 1.91. The average molecular weight is 325 g/mol. The van der Waals surface area contributed by atoms with Crippen LogP contribution in [-0.4, -0.2) is 27.8 Å². The van der Waals surface area contributed by atoms with Crippen molar-refractivity contribution in [2.75, 3.05) is 6.79 Å². The lowest BCUT2D eigenvalue weighted by Crippen LogP contribution is -2.01. The summed E-state index contributed by atoms with van der Waals surface area (Å²) >= 11 is 3.22. The van der Waals surface area contributed by atoms with Gasteiger partial charge in [0, 0.05) is 5.56 Å². The second kappa shape index (κ2) is 4.58. The Labute approximate surface area is 116 Å². The van der Waals surface area contributed by atoms with Crippen molar-refractivity contribution < 1.29 is 19.4 Å². The van der Waals surface area contributed by atoms with Gasteiger partial charge in [0.2, 0.25) is 6.79 Å². The van der Waals surface area contributed by atoms with Crippen LogP contribution in [0.4, 0.5) is 0 Å². The van der Waals surface area contributed by atoms with Crippen molar-refractivity contribution in [1.29, 1.82) is 0 Å². The Morgan fingerprint density at radius 3 is 3.00 bits per heavy atom. The average Bonchev–Trinajstić information content (AvgIpc) is 2.93. The maximum atomic E-state index is 10.8. The lowest BCUT2D eigenvalue weighted by atomic mass is 10.1. The summed E-state index contributed by atoms with van der Waals surface area (Å²) in [4.78, 5) is 18.0. The maximum Gasteiger partial charge on any atom is 0.309 e. The van der Waals surface area contributed by atoms with Crippen LogP contribution in [0.1, 0.15) is 5.69 Å². The topological polar surface area (TPSA) is 84.4 Å². The molecule has 0 saturated heterocycles. The van der Waals surface area contributed by atoms with E-state index in [2.05, 4.69) is 25.9 Å². The van der Waals surface area contributed by atoms with Crippen LogP contribution < -0.4 is 9.47 Å². The summed E-state index contributed by atoms with van der Waals surface area (Å²) in [6.07, 6.45) is -0.123. The molecule has 1 aliphatic heterocycles. The smallest absolute Gasteiger partial charge is 0.309 e. The molecule has 0 spiro atoms. The minimum atomic E-state index is -0.918. The number of carboxylic acid groups (broad SMARTS) is 1. The first-order chi connectivity index (χ1) is 9.13. The Balaban J connectivity index is 2.04. The number of benzene rings is 1. The molecule has 0 fully saturated rings. The molecule has 98 valence electrons. The van der Waals surface area contributed by atoms with E-state index in [1.807, 2.05) is 6.07 Å². The third kappa shape index (κ3) is 2.28. The molecule has 0 unspecified atom stereocenters. The number of hydrogen-bond donors (Lipinski definition) is 2. The molecule has 1 aromatic heterocycles. The minimum absolute atomic E-state index is 0.123. The largest absolute Gasteiger partial charge is 0.481 e. The van der Waals surface area contributed by atoms with E-state index in [0.717, 1.165) is 5.56 Å². The standard InChI is InChI=1S/C12H9BrN2O4/c13-12-14-7(4-10(16)17)11(15-12)6-1-2-8-9(3-6)19-5-18-8/h1-3H,4-5H2,(H,14,15)(H,16,17). The minimum Gasteiger partial charge on any atom is -0.481 e. The van der Waals surface area contributed by atoms with E-state index in [9.17, 15) is 4.79 Å². The van der Waals surface area contributed by atoms with Crippen molar-refractivity contribution in [1.82, 2.24) is 9.97 Å². The molecule has 2 heterocycles. The Morgan fingerprint density at radius 2 is 2.21 bits per heavy atom. The van der Waals surface area contributed by atoms with Gasteiger partial charge in [-0.3, -0.25) is 4.79 Å². The zero-order valence-corrected chi connectivity index (χ0v) is 11.2. The van der Waals surface area contributed by atoms with Crippen LogP contribution >= 0.6 is 15.9 Å². The predicted octanol–water partition coefficient (Wildman–Crippen LogP) is 2.20. The highest BCUT2D eigenvalue weighted by Gasteiger charge is 2.18. The highest BCUT2D eigenvalue weighted by molar-refractivity contribution is 9.10. The highest BCUT2D eigenvalue weighted by atomic mass is 79.9. The number of aromatic nitrogens is 2. The molecule has 3 rings (SSSR count). The van der Waals surface area contributed by atoms with Crippen LogP contribution in [0.15, 0.2) is 22.9 Å². The summed E-state index contributed by atoms with van der Waals surface area (Å²) in [7, 11) is 0. The van der Waals surface area contributed by atoms with Crippen LogP contribution in [0.3, 0.4) is 0 Å². The highest BCUT2D eigenvalue weighted by Crippen LogP contribution is 2.36. The molecular weight excluding hydrogens is 316 g/mol. The van der Waals surface area contributed by atoms with E-state index in [0.29, 0.717) is 27.6 Å². The van der Waals surface area contributed by atoms with Gasteiger partial charge >= 0.3 is 5.97 Å². The number of rotatable bonds is 3. The normalized spacial score (nSPS) is 12.7. The van der Waals surface area contributed by atoms with Gasteiger partial charge in [-0.2, -0.15) is 0 Å². The first-order valence-corrected chi connectivity index (χ1v) is 6.29. The molecule has 0 bridgehead atoms. The number of carbonyl (C=O) groups is 1. The number of nitrogens with one attached hydrogen (secondary N) is 1. The number of fused-ring (bicyclic) bond motifs is 1. The van der Waals surface area contributed by atoms with Gasteiger partial charge in [-0.25, -0.2) is 4.98 Å². The summed E-state index contributed by atoms with van der Waals surface area (Å²) in [6.45, 7) is 0.199. The van der Waals surface area contributed by atoms with Gasteiger partial charge < -0.3 is 19.6 Å². The number of nitrogens with zero attached hydrogens (tertiary/aromatic N) is 1. The third-order valence-electron chi connectivity index (χ3n) is 2.72. The second-order valence-corrected chi connectivity index (χ2v) is 4.74. The Hall–Kier alpha value is -2.02.